The van der Waals surface area contributed by atoms with E-state index in [4.69, 9.17) is 21.2 Å². The fourth-order valence-corrected chi connectivity index (χ4v) is 4.54. The number of thioether (sulfide) groups is 1. The molecule has 0 saturated carbocycles. The molecule has 10 nitrogen and oxygen atoms in total. The van der Waals surface area contributed by atoms with Crippen molar-refractivity contribution in [2.45, 2.75) is 24.9 Å². The van der Waals surface area contributed by atoms with Crippen molar-refractivity contribution in [2.75, 3.05) is 12.4 Å². The van der Waals surface area contributed by atoms with Crippen LogP contribution in [0.25, 0.3) is 0 Å². The molecule has 164 valence electrons. The number of carbonyl (C=O) groups excluding carboxylic acids is 3. The first-order chi connectivity index (χ1) is 14.8. The predicted molar refractivity (Wildman–Crippen MR) is 111 cm³/mol. The molecule has 2 aliphatic heterocycles. The second kappa shape index (κ2) is 9.84. The lowest BCUT2D eigenvalue weighted by molar-refractivity contribution is -0.150. The van der Waals surface area contributed by atoms with Crippen molar-refractivity contribution >= 4 is 53.3 Å². The zero-order chi connectivity index (χ0) is 22.5. The Morgan fingerprint density at radius 2 is 2.16 bits per heavy atom. The first-order valence-electron chi connectivity index (χ1n) is 9.01. The quantitative estimate of drug-likeness (QED) is 0.251. The standard InChI is InChI=1S/C19H18ClN3O7S/c1-10(24)29-8-12-9-31-18-15(17(26)23(18)16(12)19(27)28)22-14(25)6-21-30-7-11-3-2-4-13(20)5-11/h2-6,15,18H,7-9H2,1H3,(H,22,25)(H,27,28)/b21-6+/t15-,18-/m1/s1. The molecule has 0 bridgehead atoms. The summed E-state index contributed by atoms with van der Waals surface area (Å²) in [5, 5.41) is 15.5. The summed E-state index contributed by atoms with van der Waals surface area (Å²) in [5.74, 6) is -2.84. The first kappa shape index (κ1) is 22.6. The molecule has 1 aromatic carbocycles. The number of β-lactam (4-membered cyclic amide) rings is 1. The van der Waals surface area contributed by atoms with Crippen molar-refractivity contribution in [3.05, 3.63) is 46.1 Å². The number of aliphatic carboxylic acids is 1. The van der Waals surface area contributed by atoms with E-state index in [9.17, 15) is 24.3 Å². The molecule has 12 heteroatoms. The Bertz CT molecular complexity index is 981. The molecule has 0 aliphatic carbocycles. The number of fused-ring (bicyclic) bond motifs is 1. The minimum Gasteiger partial charge on any atom is -0.477 e. The van der Waals surface area contributed by atoms with Crippen LogP contribution in [0.4, 0.5) is 0 Å². The van der Waals surface area contributed by atoms with Crippen molar-refractivity contribution in [3.8, 4) is 0 Å². The van der Waals surface area contributed by atoms with Crippen LogP contribution < -0.4 is 5.32 Å². The molecule has 1 aromatic rings. The Morgan fingerprint density at radius 1 is 1.39 bits per heavy atom. The second-order valence-electron chi connectivity index (χ2n) is 6.57. The molecule has 0 aromatic heterocycles. The van der Waals surface area contributed by atoms with Gasteiger partial charge in [-0.05, 0) is 17.7 Å². The van der Waals surface area contributed by atoms with Gasteiger partial charge in [0, 0.05) is 23.3 Å². The van der Waals surface area contributed by atoms with Crippen molar-refractivity contribution in [1.82, 2.24) is 10.2 Å². The molecular weight excluding hydrogens is 450 g/mol. The average molecular weight is 468 g/mol. The highest BCUT2D eigenvalue weighted by Gasteiger charge is 2.54. The summed E-state index contributed by atoms with van der Waals surface area (Å²) >= 11 is 7.13. The van der Waals surface area contributed by atoms with Crippen LogP contribution in [-0.4, -0.2) is 63.7 Å². The van der Waals surface area contributed by atoms with E-state index in [-0.39, 0.29) is 24.7 Å². The molecule has 1 saturated heterocycles. The van der Waals surface area contributed by atoms with Gasteiger partial charge in [0.2, 0.25) is 0 Å². The second-order valence-corrected chi connectivity index (χ2v) is 8.11. The molecule has 2 N–H and O–H groups in total. The SMILES string of the molecule is CC(=O)OCC1=C(C(=O)O)N2C(=O)[C@@H](NC(=O)/C=N/OCc3cccc(Cl)c3)[C@H]2SC1. The van der Waals surface area contributed by atoms with Gasteiger partial charge in [0.15, 0.2) is 0 Å². The molecule has 2 aliphatic rings. The van der Waals surface area contributed by atoms with Gasteiger partial charge >= 0.3 is 11.9 Å². The van der Waals surface area contributed by atoms with Gasteiger partial charge in [0.1, 0.15) is 36.5 Å². The zero-order valence-electron chi connectivity index (χ0n) is 16.2. The average Bonchev–Trinajstić information content (AvgIpc) is 2.72. The van der Waals surface area contributed by atoms with Crippen LogP contribution in [0.1, 0.15) is 12.5 Å². The Balaban J connectivity index is 1.56. The van der Waals surface area contributed by atoms with Gasteiger partial charge in [-0.2, -0.15) is 0 Å². The number of rotatable bonds is 8. The van der Waals surface area contributed by atoms with E-state index in [1.54, 1.807) is 24.3 Å². The Morgan fingerprint density at radius 3 is 2.84 bits per heavy atom. The number of nitrogens with zero attached hydrogens (tertiary/aromatic N) is 2. The van der Waals surface area contributed by atoms with Crippen LogP contribution in [0.5, 0.6) is 0 Å². The maximum absolute atomic E-state index is 12.5. The number of benzene rings is 1. The van der Waals surface area contributed by atoms with Crippen LogP contribution in [0.2, 0.25) is 5.02 Å². The summed E-state index contributed by atoms with van der Waals surface area (Å²) < 4.78 is 4.87. The Kier molecular flexibility index (Phi) is 7.18. The minimum atomic E-state index is -1.30. The normalized spacial score (nSPS) is 20.2. The lowest BCUT2D eigenvalue weighted by Gasteiger charge is -2.49. The van der Waals surface area contributed by atoms with Crippen LogP contribution in [0, 0.1) is 0 Å². The molecular formula is C19H18ClN3O7S. The van der Waals surface area contributed by atoms with E-state index in [0.29, 0.717) is 10.6 Å². The molecule has 2 heterocycles. The van der Waals surface area contributed by atoms with Crippen LogP contribution >= 0.6 is 23.4 Å². The maximum atomic E-state index is 12.5. The number of nitrogens with one attached hydrogen (secondary N) is 1. The number of carbonyl (C=O) groups is 4. The monoisotopic (exact) mass is 467 g/mol. The summed E-state index contributed by atoms with van der Waals surface area (Å²) in [6.07, 6.45) is 0.897. The Hall–Kier alpha value is -3.05. The van der Waals surface area contributed by atoms with Crippen molar-refractivity contribution in [1.29, 1.82) is 0 Å². The topological polar surface area (TPSA) is 135 Å². The number of halogens is 1. The molecule has 2 amide bonds. The summed E-state index contributed by atoms with van der Waals surface area (Å²) in [7, 11) is 0. The van der Waals surface area contributed by atoms with Gasteiger partial charge in [-0.3, -0.25) is 19.3 Å². The molecule has 3 rings (SSSR count). The fraction of sp³-hybridized carbons (Fsp3) is 0.316. The summed E-state index contributed by atoms with van der Waals surface area (Å²) in [4.78, 5) is 53.3. The van der Waals surface area contributed by atoms with E-state index < -0.39 is 35.2 Å². The van der Waals surface area contributed by atoms with E-state index in [1.807, 2.05) is 0 Å². The van der Waals surface area contributed by atoms with Gasteiger partial charge in [-0.1, -0.05) is 28.9 Å². The van der Waals surface area contributed by atoms with Gasteiger partial charge in [0.05, 0.1) is 0 Å². The third kappa shape index (κ3) is 5.36. The highest BCUT2D eigenvalue weighted by Crippen LogP contribution is 2.40. The summed E-state index contributed by atoms with van der Waals surface area (Å²) in [5.41, 5.74) is 0.864. The third-order valence-corrected chi connectivity index (χ3v) is 5.94. The molecule has 31 heavy (non-hydrogen) atoms. The van der Waals surface area contributed by atoms with Gasteiger partial charge in [-0.15, -0.1) is 11.8 Å². The zero-order valence-corrected chi connectivity index (χ0v) is 17.8. The first-order valence-corrected chi connectivity index (χ1v) is 10.4. The smallest absolute Gasteiger partial charge is 0.352 e. The Labute approximate surface area is 186 Å². The van der Waals surface area contributed by atoms with E-state index >= 15 is 0 Å². The van der Waals surface area contributed by atoms with Crippen molar-refractivity contribution in [2.24, 2.45) is 5.16 Å². The minimum absolute atomic E-state index is 0.108. The molecule has 0 radical (unpaired) electrons. The van der Waals surface area contributed by atoms with Crippen LogP contribution in [0.15, 0.2) is 40.7 Å². The van der Waals surface area contributed by atoms with Crippen LogP contribution in [0.3, 0.4) is 0 Å². The van der Waals surface area contributed by atoms with E-state index in [1.165, 1.54) is 18.7 Å². The molecule has 0 spiro atoms. The van der Waals surface area contributed by atoms with Gasteiger partial charge < -0.3 is 20.0 Å². The number of oxime groups is 1. The number of carboxylic acid groups (broad SMARTS) is 1. The largest absolute Gasteiger partial charge is 0.477 e. The highest BCUT2D eigenvalue weighted by atomic mass is 35.5. The third-order valence-electron chi connectivity index (χ3n) is 4.36. The number of carboxylic acids is 1. The van der Waals surface area contributed by atoms with Crippen molar-refractivity contribution in [3.63, 3.8) is 0 Å². The van der Waals surface area contributed by atoms with Crippen LogP contribution in [-0.2, 0) is 35.4 Å². The number of ether oxygens (including phenoxy) is 1. The summed E-state index contributed by atoms with van der Waals surface area (Å²) in [6.45, 7) is 1.10. The molecule has 2 atom stereocenters. The lowest BCUT2D eigenvalue weighted by atomic mass is 10.0. The van der Waals surface area contributed by atoms with Gasteiger partial charge in [-0.25, -0.2) is 4.79 Å². The number of hydrogen-bond acceptors (Lipinski definition) is 8. The van der Waals surface area contributed by atoms with Gasteiger partial charge in [0.25, 0.3) is 11.8 Å². The lowest BCUT2D eigenvalue weighted by Crippen LogP contribution is -2.70. The number of esters is 1. The predicted octanol–water partition coefficient (Wildman–Crippen LogP) is 1.14. The van der Waals surface area contributed by atoms with Crippen molar-refractivity contribution < 1.29 is 33.9 Å². The number of amides is 2. The maximum Gasteiger partial charge on any atom is 0.352 e. The van der Waals surface area contributed by atoms with E-state index in [0.717, 1.165) is 16.7 Å². The summed E-state index contributed by atoms with van der Waals surface area (Å²) in [6, 6.07) is 6.05. The van der Waals surface area contributed by atoms with E-state index in [2.05, 4.69) is 10.5 Å². The molecule has 1 fully saturated rings. The fourth-order valence-electron chi connectivity index (χ4n) is 3.00. The molecule has 0 unspecified atom stereocenters. The highest BCUT2D eigenvalue weighted by molar-refractivity contribution is 8.00. The number of hydrogen-bond donors (Lipinski definition) is 2.